The predicted molar refractivity (Wildman–Crippen MR) is 219 cm³/mol. The number of hydrogen-bond donors (Lipinski definition) is 0. The van der Waals surface area contributed by atoms with Gasteiger partial charge in [0.2, 0.25) is 0 Å². The highest BCUT2D eigenvalue weighted by Crippen LogP contribution is 2.69. The summed E-state index contributed by atoms with van der Waals surface area (Å²) in [6.45, 7) is 0. The lowest BCUT2D eigenvalue weighted by atomic mass is 9.43. The van der Waals surface area contributed by atoms with Crippen molar-refractivity contribution in [2.45, 2.75) is 37.5 Å². The maximum atomic E-state index is 2.67. The third kappa shape index (κ3) is 3.88. The van der Waals surface area contributed by atoms with E-state index >= 15 is 0 Å². The Morgan fingerprint density at radius 2 is 0.827 bits per heavy atom. The summed E-state index contributed by atoms with van der Waals surface area (Å²) in [6, 6.07) is 60.1. The van der Waals surface area contributed by atoms with Crippen molar-refractivity contribution in [3.05, 3.63) is 169 Å². The highest BCUT2D eigenvalue weighted by molar-refractivity contribution is 6.21. The molecule has 248 valence electrons. The normalized spacial score (nSPS) is 23.8. The van der Waals surface area contributed by atoms with Crippen LogP contribution < -0.4 is 0 Å². The van der Waals surface area contributed by atoms with Crippen molar-refractivity contribution in [1.29, 1.82) is 0 Å². The second kappa shape index (κ2) is 10.8. The predicted octanol–water partition coefficient (Wildman–Crippen LogP) is 13.9. The van der Waals surface area contributed by atoms with Crippen LogP contribution in [-0.2, 0) is 5.41 Å². The van der Waals surface area contributed by atoms with E-state index < -0.39 is 0 Å². The Morgan fingerprint density at radius 1 is 0.346 bits per heavy atom. The largest absolute Gasteiger partial charge is 0.0619 e. The number of hydrogen-bond acceptors (Lipinski definition) is 0. The smallest absolute Gasteiger partial charge is 0.0272 e. The van der Waals surface area contributed by atoms with Crippen molar-refractivity contribution in [2.24, 2.45) is 23.7 Å². The van der Waals surface area contributed by atoms with Crippen LogP contribution in [0.15, 0.2) is 158 Å². The Labute approximate surface area is 305 Å². The average molecular weight is 665 g/mol. The van der Waals surface area contributed by atoms with Crippen LogP contribution in [0.1, 0.15) is 43.2 Å². The van der Waals surface area contributed by atoms with Crippen LogP contribution in [0.2, 0.25) is 0 Å². The first-order chi connectivity index (χ1) is 25.8. The summed E-state index contributed by atoms with van der Waals surface area (Å²) in [5.74, 6) is 3.39. The Morgan fingerprint density at radius 3 is 1.50 bits per heavy atom. The molecule has 8 aromatic carbocycles. The standard InChI is InChI=1S/C52H40/c1-2-12-40-34(10-1)11-9-18-41(40)35-20-22-36(23-21-35)50-44-14-3-5-16-46(44)51(47-17-6-4-15-45(47)50)37-24-25-43-42-13-7-8-19-48(42)52(49(43)31-37)38-27-32-26-33(29-38)30-39(52)28-32/h1-25,31-33,38-39H,26-30H2. The molecular formula is C52H40. The molecule has 0 heterocycles. The zero-order valence-electron chi connectivity index (χ0n) is 29.4. The SMILES string of the molecule is c1ccc2c(c1)-c1ccc(-c3c4ccccc4c(-c4ccc(-c5cccc6ccccc56)cc4)c4ccccc34)cc1C21C2CC3CC(C2)CC1C3. The topological polar surface area (TPSA) is 0 Å². The first kappa shape index (κ1) is 29.2. The minimum Gasteiger partial charge on any atom is -0.0619 e. The zero-order valence-corrected chi connectivity index (χ0v) is 29.4. The molecule has 0 nitrogen and oxygen atoms in total. The summed E-state index contributed by atoms with van der Waals surface area (Å²) in [5, 5.41) is 7.89. The molecule has 4 fully saturated rings. The van der Waals surface area contributed by atoms with Crippen LogP contribution in [-0.4, -0.2) is 0 Å². The summed E-state index contributed by atoms with van der Waals surface area (Å²) in [4.78, 5) is 0. The molecule has 0 saturated heterocycles. The van der Waals surface area contributed by atoms with Gasteiger partial charge in [-0.2, -0.15) is 0 Å². The molecule has 52 heavy (non-hydrogen) atoms. The van der Waals surface area contributed by atoms with Gasteiger partial charge >= 0.3 is 0 Å². The molecule has 0 aromatic heterocycles. The van der Waals surface area contributed by atoms with E-state index in [-0.39, 0.29) is 5.41 Å². The van der Waals surface area contributed by atoms with Gasteiger partial charge in [0.1, 0.15) is 0 Å². The maximum Gasteiger partial charge on any atom is 0.0272 e. The first-order valence-corrected chi connectivity index (χ1v) is 19.5. The fraction of sp³-hybridized carbons (Fsp3) is 0.192. The molecule has 5 aliphatic carbocycles. The molecule has 1 spiro atoms. The van der Waals surface area contributed by atoms with E-state index in [1.54, 1.807) is 11.1 Å². The second-order valence-corrected chi connectivity index (χ2v) is 16.4. The van der Waals surface area contributed by atoms with Crippen molar-refractivity contribution < 1.29 is 0 Å². The van der Waals surface area contributed by atoms with Crippen molar-refractivity contribution in [2.75, 3.05) is 0 Å². The van der Waals surface area contributed by atoms with Crippen molar-refractivity contribution in [3.8, 4) is 44.5 Å². The Hall–Kier alpha value is -5.46. The minimum atomic E-state index is 0.159. The third-order valence-electron chi connectivity index (χ3n) is 14.0. The van der Waals surface area contributed by atoms with E-state index in [4.69, 9.17) is 0 Å². The maximum absolute atomic E-state index is 2.67. The monoisotopic (exact) mass is 664 g/mol. The van der Waals surface area contributed by atoms with E-state index in [0.717, 1.165) is 23.7 Å². The lowest BCUT2D eigenvalue weighted by Crippen LogP contribution is -2.55. The molecule has 4 bridgehead atoms. The van der Waals surface area contributed by atoms with Gasteiger partial charge in [0.15, 0.2) is 0 Å². The minimum absolute atomic E-state index is 0.159. The summed E-state index contributed by atoms with van der Waals surface area (Å²) < 4.78 is 0. The molecule has 8 aromatic rings. The van der Waals surface area contributed by atoms with Crippen LogP contribution in [0.3, 0.4) is 0 Å². The van der Waals surface area contributed by atoms with Crippen LogP contribution in [0.25, 0.3) is 76.8 Å². The molecular weight excluding hydrogens is 625 g/mol. The second-order valence-electron chi connectivity index (χ2n) is 16.4. The fourth-order valence-corrected chi connectivity index (χ4v) is 12.4. The van der Waals surface area contributed by atoms with Gasteiger partial charge in [0, 0.05) is 5.41 Å². The Bertz CT molecular complexity index is 2650. The molecule has 0 N–H and O–H groups in total. The number of fused-ring (bicyclic) bond motifs is 6. The molecule has 0 unspecified atom stereocenters. The van der Waals surface area contributed by atoms with Gasteiger partial charge in [-0.1, -0.05) is 152 Å². The van der Waals surface area contributed by atoms with Gasteiger partial charge in [-0.05, 0) is 150 Å². The fourth-order valence-electron chi connectivity index (χ4n) is 12.4. The lowest BCUT2D eigenvalue weighted by Gasteiger charge is -2.61. The van der Waals surface area contributed by atoms with Crippen LogP contribution >= 0.6 is 0 Å². The van der Waals surface area contributed by atoms with Crippen molar-refractivity contribution in [1.82, 2.24) is 0 Å². The van der Waals surface area contributed by atoms with E-state index in [9.17, 15) is 0 Å². The highest BCUT2D eigenvalue weighted by Gasteiger charge is 2.61. The summed E-state index contributed by atoms with van der Waals surface area (Å²) >= 11 is 0. The molecule has 0 aliphatic heterocycles. The summed E-state index contributed by atoms with van der Waals surface area (Å²) in [5.41, 5.74) is 14.3. The Kier molecular flexibility index (Phi) is 6.04. The molecule has 5 aliphatic rings. The molecule has 0 radical (unpaired) electrons. The quantitative estimate of drug-likeness (QED) is 0.165. The average Bonchev–Trinajstić information content (AvgIpc) is 3.48. The van der Waals surface area contributed by atoms with Gasteiger partial charge in [0.25, 0.3) is 0 Å². The molecule has 4 saturated carbocycles. The van der Waals surface area contributed by atoms with Gasteiger partial charge in [0.05, 0.1) is 0 Å². The van der Waals surface area contributed by atoms with Gasteiger partial charge < -0.3 is 0 Å². The van der Waals surface area contributed by atoms with Gasteiger partial charge in [-0.3, -0.25) is 0 Å². The molecule has 0 atom stereocenters. The molecule has 0 amide bonds. The Balaban J connectivity index is 1.06. The molecule has 0 heteroatoms. The zero-order chi connectivity index (χ0) is 34.0. The van der Waals surface area contributed by atoms with Crippen LogP contribution in [0, 0.1) is 23.7 Å². The van der Waals surface area contributed by atoms with E-state index in [2.05, 4.69) is 158 Å². The van der Waals surface area contributed by atoms with E-state index in [1.165, 1.54) is 109 Å². The molecule has 13 rings (SSSR count). The van der Waals surface area contributed by atoms with Crippen molar-refractivity contribution >= 4 is 32.3 Å². The number of benzene rings is 8. The first-order valence-electron chi connectivity index (χ1n) is 19.5. The lowest BCUT2D eigenvalue weighted by molar-refractivity contribution is -0.0399. The van der Waals surface area contributed by atoms with E-state index in [0.29, 0.717) is 0 Å². The van der Waals surface area contributed by atoms with Gasteiger partial charge in [-0.25, -0.2) is 0 Å². The van der Waals surface area contributed by atoms with Crippen LogP contribution in [0.4, 0.5) is 0 Å². The summed E-state index contributed by atoms with van der Waals surface area (Å²) in [7, 11) is 0. The third-order valence-corrected chi connectivity index (χ3v) is 14.0. The summed E-state index contributed by atoms with van der Waals surface area (Å²) in [6.07, 6.45) is 7.11. The highest BCUT2D eigenvalue weighted by atomic mass is 14.6. The van der Waals surface area contributed by atoms with Gasteiger partial charge in [-0.15, -0.1) is 0 Å². The van der Waals surface area contributed by atoms with Crippen molar-refractivity contribution in [3.63, 3.8) is 0 Å². The number of rotatable bonds is 3. The van der Waals surface area contributed by atoms with Crippen LogP contribution in [0.5, 0.6) is 0 Å². The van der Waals surface area contributed by atoms with E-state index in [1.807, 2.05) is 0 Å².